The first-order valence-corrected chi connectivity index (χ1v) is 10.2. The third-order valence-electron chi connectivity index (χ3n) is 5.35. The summed E-state index contributed by atoms with van der Waals surface area (Å²) in [6.07, 6.45) is 4.16. The normalized spacial score (nSPS) is 15.3. The summed E-state index contributed by atoms with van der Waals surface area (Å²) >= 11 is 0. The van der Waals surface area contributed by atoms with Crippen LogP contribution in [0.5, 0.6) is 0 Å². The number of piperidine rings is 1. The van der Waals surface area contributed by atoms with Crippen LogP contribution in [-0.4, -0.2) is 42.3 Å². The van der Waals surface area contributed by atoms with E-state index in [1.165, 1.54) is 24.8 Å². The van der Waals surface area contributed by atoms with Gasteiger partial charge in [0.1, 0.15) is 0 Å². The summed E-state index contributed by atoms with van der Waals surface area (Å²) in [6.45, 7) is 3.59. The number of anilines is 1. The molecule has 2 amide bonds. The molecule has 0 aliphatic carbocycles. The Morgan fingerprint density at radius 3 is 2.50 bits per heavy atom. The van der Waals surface area contributed by atoms with Crippen molar-refractivity contribution < 1.29 is 9.90 Å². The van der Waals surface area contributed by atoms with Crippen LogP contribution in [0.4, 0.5) is 10.5 Å². The van der Waals surface area contributed by atoms with Gasteiger partial charge in [-0.25, -0.2) is 4.79 Å². The highest BCUT2D eigenvalue weighted by Gasteiger charge is 2.20. The predicted molar refractivity (Wildman–Crippen MR) is 113 cm³/mol. The molecule has 0 saturated carbocycles. The second-order valence-electron chi connectivity index (χ2n) is 7.52. The van der Waals surface area contributed by atoms with Gasteiger partial charge in [0.2, 0.25) is 0 Å². The van der Waals surface area contributed by atoms with Crippen molar-refractivity contribution in [1.29, 1.82) is 0 Å². The van der Waals surface area contributed by atoms with Crippen LogP contribution >= 0.6 is 0 Å². The number of benzene rings is 2. The maximum Gasteiger partial charge on any atom is 0.319 e. The highest BCUT2D eigenvalue weighted by molar-refractivity contribution is 5.90. The number of hydrogen-bond acceptors (Lipinski definition) is 3. The summed E-state index contributed by atoms with van der Waals surface area (Å²) in [7, 11) is 0. The predicted octanol–water partition coefficient (Wildman–Crippen LogP) is 3.65. The first-order valence-electron chi connectivity index (χ1n) is 10.2. The van der Waals surface area contributed by atoms with Gasteiger partial charge in [-0.3, -0.25) is 4.90 Å². The molecule has 0 radical (unpaired) electrons. The molecule has 5 heteroatoms. The summed E-state index contributed by atoms with van der Waals surface area (Å²) in [4.78, 5) is 14.5. The van der Waals surface area contributed by atoms with Crippen molar-refractivity contribution in [3.8, 4) is 0 Å². The molecule has 1 heterocycles. The minimum Gasteiger partial charge on any atom is -0.396 e. The average molecular weight is 382 g/mol. The fourth-order valence-corrected chi connectivity index (χ4v) is 3.76. The Labute approximate surface area is 167 Å². The van der Waals surface area contributed by atoms with Crippen LogP contribution in [0.1, 0.15) is 30.4 Å². The molecule has 0 unspecified atom stereocenters. The number of hydrogen-bond donors (Lipinski definition) is 3. The van der Waals surface area contributed by atoms with E-state index in [2.05, 4.69) is 51.9 Å². The molecule has 2 aromatic carbocycles. The summed E-state index contributed by atoms with van der Waals surface area (Å²) in [5.41, 5.74) is 3.43. The number of nitrogens with one attached hydrogen (secondary N) is 2. The molecule has 5 nitrogen and oxygen atoms in total. The number of rotatable bonds is 8. The molecule has 0 bridgehead atoms. The van der Waals surface area contributed by atoms with E-state index < -0.39 is 0 Å². The molecule has 1 aliphatic rings. The summed E-state index contributed by atoms with van der Waals surface area (Å²) < 4.78 is 0. The topological polar surface area (TPSA) is 64.6 Å². The van der Waals surface area contributed by atoms with Gasteiger partial charge in [-0.1, -0.05) is 48.5 Å². The zero-order chi connectivity index (χ0) is 19.6. The van der Waals surface area contributed by atoms with E-state index >= 15 is 0 Å². The van der Waals surface area contributed by atoms with Crippen LogP contribution in [0, 0.1) is 5.92 Å². The minimum atomic E-state index is -0.220. The number of carbonyl (C=O) groups excluding carboxylic acids is 1. The molecular formula is C23H31N3O2. The Morgan fingerprint density at radius 1 is 1.04 bits per heavy atom. The van der Waals surface area contributed by atoms with Crippen molar-refractivity contribution in [2.45, 2.75) is 32.2 Å². The second-order valence-corrected chi connectivity index (χ2v) is 7.52. The molecule has 0 spiro atoms. The monoisotopic (exact) mass is 381 g/mol. The number of amides is 2. The van der Waals surface area contributed by atoms with Gasteiger partial charge in [-0.15, -0.1) is 0 Å². The van der Waals surface area contributed by atoms with Crippen LogP contribution in [0.25, 0.3) is 0 Å². The summed E-state index contributed by atoms with van der Waals surface area (Å²) in [5.74, 6) is 0.754. The molecule has 1 aliphatic heterocycles. The fourth-order valence-electron chi connectivity index (χ4n) is 3.76. The van der Waals surface area contributed by atoms with Gasteiger partial charge in [-0.05, 0) is 61.9 Å². The molecule has 2 aromatic rings. The molecule has 0 aromatic heterocycles. The molecule has 28 heavy (non-hydrogen) atoms. The van der Waals surface area contributed by atoms with Gasteiger partial charge < -0.3 is 15.7 Å². The SMILES string of the molecule is O=C(NCCCO)Nc1ccccc1CN1CCC(Cc2ccccc2)CC1. The molecular weight excluding hydrogens is 350 g/mol. The zero-order valence-electron chi connectivity index (χ0n) is 16.4. The lowest BCUT2D eigenvalue weighted by Crippen LogP contribution is -2.34. The number of aliphatic hydroxyl groups excluding tert-OH is 1. The van der Waals surface area contributed by atoms with Gasteiger partial charge in [0.25, 0.3) is 0 Å². The first kappa shape index (κ1) is 20.4. The lowest BCUT2D eigenvalue weighted by atomic mass is 9.90. The number of aliphatic hydroxyl groups is 1. The van der Waals surface area contributed by atoms with Crippen molar-refractivity contribution in [2.75, 3.05) is 31.6 Å². The Balaban J connectivity index is 1.49. The third kappa shape index (κ3) is 6.36. The van der Waals surface area contributed by atoms with Crippen LogP contribution in [0.3, 0.4) is 0 Å². The number of nitrogens with zero attached hydrogens (tertiary/aromatic N) is 1. The van der Waals surface area contributed by atoms with E-state index in [1.807, 2.05) is 18.2 Å². The Bertz CT molecular complexity index is 728. The lowest BCUT2D eigenvalue weighted by molar-refractivity contribution is 0.177. The van der Waals surface area contributed by atoms with Crippen molar-refractivity contribution in [3.05, 3.63) is 65.7 Å². The van der Waals surface area contributed by atoms with Gasteiger partial charge in [0.05, 0.1) is 0 Å². The smallest absolute Gasteiger partial charge is 0.319 e. The first-order chi connectivity index (χ1) is 13.7. The summed E-state index contributed by atoms with van der Waals surface area (Å²) in [5, 5.41) is 14.5. The van der Waals surface area contributed by atoms with Gasteiger partial charge in [-0.2, -0.15) is 0 Å². The number of urea groups is 1. The third-order valence-corrected chi connectivity index (χ3v) is 5.35. The van der Waals surface area contributed by atoms with Crippen LogP contribution < -0.4 is 10.6 Å². The van der Waals surface area contributed by atoms with E-state index in [0.717, 1.165) is 36.8 Å². The number of carbonyl (C=O) groups is 1. The summed E-state index contributed by atoms with van der Waals surface area (Å²) in [6, 6.07) is 18.5. The standard InChI is InChI=1S/C23H31N3O2/c27-16-6-13-24-23(28)25-22-10-5-4-9-21(22)18-26-14-11-20(12-15-26)17-19-7-2-1-3-8-19/h1-5,7-10,20,27H,6,11-18H2,(H2,24,25,28). The maximum atomic E-state index is 12.0. The molecule has 150 valence electrons. The Kier molecular flexibility index (Phi) is 7.88. The minimum absolute atomic E-state index is 0.0804. The quantitative estimate of drug-likeness (QED) is 0.612. The lowest BCUT2D eigenvalue weighted by Gasteiger charge is -2.32. The molecule has 1 fully saturated rings. The Hall–Kier alpha value is -2.37. The highest BCUT2D eigenvalue weighted by atomic mass is 16.3. The van der Waals surface area contributed by atoms with Crippen molar-refractivity contribution in [2.24, 2.45) is 5.92 Å². The van der Waals surface area contributed by atoms with Gasteiger partial charge in [0.15, 0.2) is 0 Å². The van der Waals surface area contributed by atoms with Crippen LogP contribution in [0.15, 0.2) is 54.6 Å². The van der Waals surface area contributed by atoms with Crippen LogP contribution in [0.2, 0.25) is 0 Å². The number of likely N-dealkylation sites (tertiary alicyclic amines) is 1. The number of para-hydroxylation sites is 1. The molecule has 1 saturated heterocycles. The zero-order valence-corrected chi connectivity index (χ0v) is 16.4. The molecule has 3 N–H and O–H groups in total. The largest absolute Gasteiger partial charge is 0.396 e. The maximum absolute atomic E-state index is 12.0. The average Bonchev–Trinajstić information content (AvgIpc) is 2.72. The molecule has 0 atom stereocenters. The fraction of sp³-hybridized carbons (Fsp3) is 0.435. The van der Waals surface area contributed by atoms with Crippen molar-refractivity contribution in [1.82, 2.24) is 10.2 Å². The van der Waals surface area contributed by atoms with E-state index in [-0.39, 0.29) is 12.6 Å². The van der Waals surface area contributed by atoms with Crippen LogP contribution in [-0.2, 0) is 13.0 Å². The van der Waals surface area contributed by atoms with Crippen molar-refractivity contribution in [3.63, 3.8) is 0 Å². The van der Waals surface area contributed by atoms with E-state index in [9.17, 15) is 4.79 Å². The molecule has 3 rings (SSSR count). The van der Waals surface area contributed by atoms with Gasteiger partial charge >= 0.3 is 6.03 Å². The van der Waals surface area contributed by atoms with Crippen molar-refractivity contribution >= 4 is 11.7 Å². The van der Waals surface area contributed by atoms with E-state index in [4.69, 9.17) is 5.11 Å². The second kappa shape index (κ2) is 10.8. The van der Waals surface area contributed by atoms with E-state index in [0.29, 0.717) is 13.0 Å². The van der Waals surface area contributed by atoms with Gasteiger partial charge in [0, 0.05) is 25.4 Å². The highest BCUT2D eigenvalue weighted by Crippen LogP contribution is 2.24. The Morgan fingerprint density at radius 2 is 1.75 bits per heavy atom. The van der Waals surface area contributed by atoms with E-state index in [1.54, 1.807) is 0 Å².